The highest BCUT2D eigenvalue weighted by Gasteiger charge is 2.53. The molecule has 1 heterocycles. The Balaban J connectivity index is 0.00000213. The molecule has 0 atom stereocenters. The van der Waals surface area contributed by atoms with Crippen LogP contribution in [0.5, 0.6) is 0 Å². The molecular formula is C60H49NS. The van der Waals surface area contributed by atoms with E-state index in [0.29, 0.717) is 0 Å². The van der Waals surface area contributed by atoms with Gasteiger partial charge in [0, 0.05) is 37.4 Å². The number of thiophene rings is 1. The molecule has 12 rings (SSSR count). The van der Waals surface area contributed by atoms with Crippen LogP contribution in [0.15, 0.2) is 194 Å². The molecule has 300 valence electrons. The quantitative estimate of drug-likeness (QED) is 0.167. The summed E-state index contributed by atoms with van der Waals surface area (Å²) in [6.07, 6.45) is 6.93. The molecule has 2 heteroatoms. The van der Waals surface area contributed by atoms with E-state index >= 15 is 0 Å². The average Bonchev–Trinajstić information content (AvgIpc) is 3.86. The van der Waals surface area contributed by atoms with Crippen molar-refractivity contribution in [3.63, 3.8) is 0 Å². The summed E-state index contributed by atoms with van der Waals surface area (Å²) in [7, 11) is 0. The number of aryl methyl sites for hydroxylation is 1. The summed E-state index contributed by atoms with van der Waals surface area (Å²) < 4.78 is 1.38. The van der Waals surface area contributed by atoms with Crippen molar-refractivity contribution in [3.05, 3.63) is 238 Å². The molecule has 0 amide bonds. The Morgan fingerprint density at radius 3 is 1.63 bits per heavy atom. The summed E-state index contributed by atoms with van der Waals surface area (Å²) in [6.45, 7) is 8.78. The lowest BCUT2D eigenvalue weighted by Gasteiger charge is -2.46. The minimum Gasteiger partial charge on any atom is -0.310 e. The average molecular weight is 816 g/mol. The second-order valence-corrected chi connectivity index (χ2v) is 18.3. The molecule has 0 radical (unpaired) electrons. The Morgan fingerprint density at radius 1 is 0.452 bits per heavy atom. The second kappa shape index (κ2) is 15.0. The number of hydrogen-bond acceptors (Lipinski definition) is 2. The van der Waals surface area contributed by atoms with E-state index in [0.717, 1.165) is 29.9 Å². The zero-order chi connectivity index (χ0) is 42.0. The van der Waals surface area contributed by atoms with Gasteiger partial charge in [-0.15, -0.1) is 11.3 Å². The van der Waals surface area contributed by atoms with E-state index in [1.807, 2.05) is 25.2 Å². The molecule has 0 fully saturated rings. The molecule has 0 bridgehead atoms. The van der Waals surface area contributed by atoms with Crippen molar-refractivity contribution >= 4 is 44.6 Å². The fraction of sp³-hybridized carbons (Fsp3) is 0.133. The normalized spacial score (nSPS) is 14.5. The third kappa shape index (κ3) is 5.73. The van der Waals surface area contributed by atoms with Crippen LogP contribution in [0.25, 0.3) is 49.5 Å². The maximum atomic E-state index is 2.45. The highest BCUT2D eigenvalue weighted by atomic mass is 32.1. The molecule has 1 nitrogen and oxygen atoms in total. The maximum absolute atomic E-state index is 2.45. The third-order valence-corrected chi connectivity index (χ3v) is 14.9. The molecule has 9 aromatic rings. The molecule has 8 aromatic carbocycles. The van der Waals surface area contributed by atoms with Crippen LogP contribution in [0.1, 0.15) is 77.9 Å². The van der Waals surface area contributed by atoms with Gasteiger partial charge in [-0.2, -0.15) is 0 Å². The van der Waals surface area contributed by atoms with Gasteiger partial charge in [0.2, 0.25) is 0 Å². The van der Waals surface area contributed by atoms with Crippen molar-refractivity contribution in [2.24, 2.45) is 0 Å². The number of nitrogens with zero attached hydrogens (tertiary/aromatic N) is 1. The zero-order valence-corrected chi connectivity index (χ0v) is 36.6. The molecule has 3 aliphatic rings. The molecule has 3 aliphatic carbocycles. The van der Waals surface area contributed by atoms with Gasteiger partial charge in [-0.1, -0.05) is 179 Å². The van der Waals surface area contributed by atoms with Gasteiger partial charge >= 0.3 is 0 Å². The minimum absolute atomic E-state index is 0.128. The lowest BCUT2D eigenvalue weighted by atomic mass is 9.55. The maximum Gasteiger partial charge on any atom is 0.0719 e. The van der Waals surface area contributed by atoms with Crippen molar-refractivity contribution < 1.29 is 0 Å². The summed E-state index contributed by atoms with van der Waals surface area (Å²) in [5.74, 6) is 0. The van der Waals surface area contributed by atoms with Gasteiger partial charge in [0.05, 0.1) is 5.41 Å². The van der Waals surface area contributed by atoms with Gasteiger partial charge in [-0.3, -0.25) is 0 Å². The lowest BCUT2D eigenvalue weighted by molar-refractivity contribution is 0.563. The molecule has 0 saturated heterocycles. The van der Waals surface area contributed by atoms with Gasteiger partial charge in [0.15, 0.2) is 0 Å². The van der Waals surface area contributed by atoms with Crippen molar-refractivity contribution in [2.45, 2.75) is 51.4 Å². The Hall–Kier alpha value is -6.74. The predicted molar refractivity (Wildman–Crippen MR) is 266 cm³/mol. The van der Waals surface area contributed by atoms with Crippen molar-refractivity contribution in [2.75, 3.05) is 4.90 Å². The third-order valence-electron chi connectivity index (χ3n) is 13.6. The number of rotatable bonds is 5. The first-order chi connectivity index (χ1) is 30.5. The van der Waals surface area contributed by atoms with Crippen LogP contribution in [0.3, 0.4) is 0 Å². The number of hydrogen-bond donors (Lipinski definition) is 0. The summed E-state index contributed by atoms with van der Waals surface area (Å²) in [5, 5.41) is 1.37. The van der Waals surface area contributed by atoms with Crippen LogP contribution in [-0.2, 0) is 17.3 Å². The van der Waals surface area contributed by atoms with Gasteiger partial charge in [0.1, 0.15) is 0 Å². The van der Waals surface area contributed by atoms with Crippen LogP contribution in [-0.4, -0.2) is 0 Å². The molecule has 1 aromatic heterocycles. The summed E-state index contributed by atoms with van der Waals surface area (Å²) >= 11 is 1.95. The van der Waals surface area contributed by atoms with Crippen LogP contribution in [0.4, 0.5) is 17.1 Å². The standard InChI is InChI=1S/C58H43NS.C2H6/c1-57(2)51-19-9-11-21-53(51)58(54-22-12-10-20-52(54)57)49-18-8-6-16-45(49)47-37-44(33-34-50(47)58)59(42-29-24-39(25-30-42)38-14-4-3-5-15-38)43-31-26-40(27-32-43)41-28-35-56-48(36-41)46-17-7-13-23-55(46)60-56;1-2/h3-12,14-22,24-37H,13,23H2,1-2H3;1-2H3. The van der Waals surface area contributed by atoms with Crippen molar-refractivity contribution in [1.29, 1.82) is 0 Å². The molecular weight excluding hydrogens is 767 g/mol. The Morgan fingerprint density at radius 2 is 0.968 bits per heavy atom. The number of anilines is 3. The van der Waals surface area contributed by atoms with Crippen LogP contribution in [0, 0.1) is 0 Å². The first kappa shape index (κ1) is 38.2. The highest BCUT2D eigenvalue weighted by Crippen LogP contribution is 2.62. The SMILES string of the molecule is CC.CC1(C)c2ccccc2C2(c3ccccc3-c3cc(N(c4ccc(-c5ccccc5)cc4)c4ccc(-c5ccc6sc7c(c6c5)C=CCC7)cc4)ccc32)c2ccccc21. The minimum atomic E-state index is -0.421. The monoisotopic (exact) mass is 815 g/mol. The van der Waals surface area contributed by atoms with E-state index < -0.39 is 5.41 Å². The van der Waals surface area contributed by atoms with Gasteiger partial charge in [-0.25, -0.2) is 0 Å². The fourth-order valence-corrected chi connectivity index (χ4v) is 12.0. The van der Waals surface area contributed by atoms with E-state index in [4.69, 9.17) is 0 Å². The molecule has 62 heavy (non-hydrogen) atoms. The second-order valence-electron chi connectivity index (χ2n) is 17.1. The summed E-state index contributed by atoms with van der Waals surface area (Å²) in [6, 6.07) is 70.7. The Kier molecular flexibility index (Phi) is 9.25. The lowest BCUT2D eigenvalue weighted by Crippen LogP contribution is -2.40. The van der Waals surface area contributed by atoms with E-state index in [2.05, 4.69) is 219 Å². The van der Waals surface area contributed by atoms with E-state index in [1.54, 1.807) is 0 Å². The fourth-order valence-electron chi connectivity index (χ4n) is 10.8. The number of allylic oxidation sites excluding steroid dienone is 1. The summed E-state index contributed by atoms with van der Waals surface area (Å²) in [4.78, 5) is 3.94. The van der Waals surface area contributed by atoms with Crippen LogP contribution < -0.4 is 4.90 Å². The molecule has 0 N–H and O–H groups in total. The van der Waals surface area contributed by atoms with Crippen molar-refractivity contribution in [1.82, 2.24) is 0 Å². The molecule has 0 unspecified atom stereocenters. The van der Waals surface area contributed by atoms with E-state index in [1.165, 1.54) is 87.3 Å². The molecule has 0 aliphatic heterocycles. The van der Waals surface area contributed by atoms with Crippen LogP contribution >= 0.6 is 11.3 Å². The van der Waals surface area contributed by atoms with Crippen LogP contribution in [0.2, 0.25) is 0 Å². The zero-order valence-electron chi connectivity index (χ0n) is 35.8. The smallest absolute Gasteiger partial charge is 0.0719 e. The molecule has 1 spiro atoms. The van der Waals surface area contributed by atoms with Gasteiger partial charge in [0.25, 0.3) is 0 Å². The highest BCUT2D eigenvalue weighted by molar-refractivity contribution is 7.19. The first-order valence-corrected chi connectivity index (χ1v) is 23.0. The number of fused-ring (bicyclic) bond motifs is 12. The van der Waals surface area contributed by atoms with Crippen molar-refractivity contribution in [3.8, 4) is 33.4 Å². The van der Waals surface area contributed by atoms with Gasteiger partial charge < -0.3 is 4.90 Å². The first-order valence-electron chi connectivity index (χ1n) is 22.2. The largest absolute Gasteiger partial charge is 0.310 e. The van der Waals surface area contributed by atoms with E-state index in [-0.39, 0.29) is 5.41 Å². The van der Waals surface area contributed by atoms with E-state index in [9.17, 15) is 0 Å². The Labute approximate surface area is 370 Å². The summed E-state index contributed by atoms with van der Waals surface area (Å²) in [5.41, 5.74) is 20.0. The Bertz CT molecular complexity index is 3110. The van der Waals surface area contributed by atoms with Gasteiger partial charge in [-0.05, 0) is 134 Å². The predicted octanol–water partition coefficient (Wildman–Crippen LogP) is 16.7. The molecule has 0 saturated carbocycles. The topological polar surface area (TPSA) is 3.24 Å². The number of benzene rings is 8.